The normalized spacial score (nSPS) is 10.7. The number of benzene rings is 1. The van der Waals surface area contributed by atoms with Gasteiger partial charge in [-0.05, 0) is 24.3 Å². The molecule has 1 aromatic carbocycles. The van der Waals surface area contributed by atoms with Crippen LogP contribution in [0.15, 0.2) is 64.8 Å². The van der Waals surface area contributed by atoms with Gasteiger partial charge in [0.25, 0.3) is 5.91 Å². The zero-order valence-corrected chi connectivity index (χ0v) is 16.3. The van der Waals surface area contributed by atoms with E-state index in [1.165, 1.54) is 24.5 Å². The van der Waals surface area contributed by atoms with Crippen LogP contribution in [0.4, 0.5) is 5.13 Å². The predicted octanol–water partition coefficient (Wildman–Crippen LogP) is 3.48. The molecule has 0 fully saturated rings. The van der Waals surface area contributed by atoms with E-state index in [1.54, 1.807) is 28.4 Å². The van der Waals surface area contributed by atoms with E-state index in [1.807, 2.05) is 30.3 Å². The molecule has 2 amide bonds. The maximum absolute atomic E-state index is 12.7. The van der Waals surface area contributed by atoms with Gasteiger partial charge in [0.2, 0.25) is 5.91 Å². The topological polar surface area (TPSA) is 102 Å². The molecule has 0 aliphatic heterocycles. The number of para-hydroxylation sites is 1. The van der Waals surface area contributed by atoms with Crippen molar-refractivity contribution in [2.45, 2.75) is 13.5 Å². The van der Waals surface area contributed by atoms with E-state index in [0.29, 0.717) is 34.6 Å². The van der Waals surface area contributed by atoms with Crippen molar-refractivity contribution in [2.24, 2.45) is 0 Å². The van der Waals surface area contributed by atoms with Crippen LogP contribution in [0.1, 0.15) is 23.2 Å². The Morgan fingerprint density at radius 3 is 2.79 bits per heavy atom. The molecule has 0 bridgehead atoms. The Labute approximate surface area is 170 Å². The van der Waals surface area contributed by atoms with Crippen LogP contribution < -0.4 is 10.6 Å². The zero-order valence-electron chi connectivity index (χ0n) is 15.5. The maximum Gasteiger partial charge on any atom is 0.276 e. The first-order valence-electron chi connectivity index (χ1n) is 8.78. The van der Waals surface area contributed by atoms with Crippen molar-refractivity contribution >= 4 is 28.3 Å². The number of hydrogen-bond donors (Lipinski definition) is 2. The molecule has 4 rings (SSSR count). The molecule has 0 aliphatic carbocycles. The van der Waals surface area contributed by atoms with Crippen molar-refractivity contribution in [2.75, 3.05) is 5.32 Å². The number of nitrogens with zero attached hydrogens (tertiary/aromatic N) is 3. The van der Waals surface area contributed by atoms with Crippen LogP contribution in [0, 0.1) is 0 Å². The van der Waals surface area contributed by atoms with Crippen LogP contribution in [0.2, 0.25) is 0 Å². The molecule has 8 nitrogen and oxygen atoms in total. The Morgan fingerprint density at radius 2 is 2.00 bits per heavy atom. The first-order valence-corrected chi connectivity index (χ1v) is 9.66. The summed E-state index contributed by atoms with van der Waals surface area (Å²) in [5.74, 6) is 0.756. The highest BCUT2D eigenvalue weighted by atomic mass is 32.1. The molecule has 0 saturated heterocycles. The molecular formula is C20H17N5O3S. The summed E-state index contributed by atoms with van der Waals surface area (Å²) in [6, 6.07) is 13.1. The van der Waals surface area contributed by atoms with Gasteiger partial charge < -0.3 is 9.73 Å². The summed E-state index contributed by atoms with van der Waals surface area (Å²) in [7, 11) is 0. The molecule has 3 aromatic heterocycles. The summed E-state index contributed by atoms with van der Waals surface area (Å²) < 4.78 is 7.40. The van der Waals surface area contributed by atoms with Gasteiger partial charge >= 0.3 is 0 Å². The lowest BCUT2D eigenvalue weighted by Gasteiger charge is -2.07. The minimum Gasteiger partial charge on any atom is -0.458 e. The van der Waals surface area contributed by atoms with E-state index in [-0.39, 0.29) is 11.8 Å². The molecule has 0 aliphatic rings. The number of anilines is 1. The highest BCUT2D eigenvalue weighted by Gasteiger charge is 2.16. The van der Waals surface area contributed by atoms with Crippen LogP contribution in [0.25, 0.3) is 17.1 Å². The van der Waals surface area contributed by atoms with E-state index >= 15 is 0 Å². The van der Waals surface area contributed by atoms with Crippen LogP contribution in [-0.2, 0) is 11.3 Å². The van der Waals surface area contributed by atoms with Gasteiger partial charge in [0, 0.05) is 18.0 Å². The molecular weight excluding hydrogens is 390 g/mol. The monoisotopic (exact) mass is 407 g/mol. The molecule has 2 N–H and O–H groups in total. The smallest absolute Gasteiger partial charge is 0.276 e. The second-order valence-electron chi connectivity index (χ2n) is 6.15. The third-order valence-electron chi connectivity index (χ3n) is 4.06. The second-order valence-corrected chi connectivity index (χ2v) is 7.01. The zero-order chi connectivity index (χ0) is 20.2. The summed E-state index contributed by atoms with van der Waals surface area (Å²) in [5, 5.41) is 7.72. The number of carbonyl (C=O) groups is 2. The number of amides is 2. The first kappa shape index (κ1) is 18.6. The average molecular weight is 407 g/mol. The van der Waals surface area contributed by atoms with E-state index in [4.69, 9.17) is 4.42 Å². The van der Waals surface area contributed by atoms with Gasteiger partial charge in [0.15, 0.2) is 10.9 Å². The van der Waals surface area contributed by atoms with Crippen molar-refractivity contribution in [3.63, 3.8) is 0 Å². The van der Waals surface area contributed by atoms with Crippen LogP contribution in [0.5, 0.6) is 0 Å². The minimum absolute atomic E-state index is 0.128. The number of hydrogen-bond acceptors (Lipinski definition) is 6. The summed E-state index contributed by atoms with van der Waals surface area (Å²) in [6.45, 7) is 1.76. The molecule has 9 heteroatoms. The van der Waals surface area contributed by atoms with Crippen LogP contribution in [0.3, 0.4) is 0 Å². The summed E-state index contributed by atoms with van der Waals surface area (Å²) >= 11 is 1.30. The lowest BCUT2D eigenvalue weighted by Crippen LogP contribution is -2.18. The summed E-state index contributed by atoms with van der Waals surface area (Å²) in [5.41, 5.74) is 1.86. The van der Waals surface area contributed by atoms with E-state index in [0.717, 1.165) is 5.69 Å². The van der Waals surface area contributed by atoms with Crippen LogP contribution >= 0.6 is 11.3 Å². The number of rotatable bonds is 6. The number of furan rings is 1. The van der Waals surface area contributed by atoms with Crippen molar-refractivity contribution in [1.82, 2.24) is 19.9 Å². The highest BCUT2D eigenvalue weighted by molar-refractivity contribution is 7.14. The van der Waals surface area contributed by atoms with E-state index in [9.17, 15) is 9.59 Å². The van der Waals surface area contributed by atoms with Gasteiger partial charge in [-0.1, -0.05) is 18.2 Å². The minimum atomic E-state index is -0.307. The third-order valence-corrected chi connectivity index (χ3v) is 4.81. The molecule has 0 spiro atoms. The summed E-state index contributed by atoms with van der Waals surface area (Å²) in [4.78, 5) is 32.2. The summed E-state index contributed by atoms with van der Waals surface area (Å²) in [6.07, 6.45) is 3.11. The molecule has 146 valence electrons. The van der Waals surface area contributed by atoms with Crippen molar-refractivity contribution in [3.8, 4) is 17.1 Å². The van der Waals surface area contributed by atoms with Gasteiger partial charge in [0.05, 0.1) is 19.1 Å². The standard InChI is InChI=1S/C20H17N5O3S/c1-13(26)22-9-15-7-8-18(28-15)16-11-29-20(23-16)24-19(27)17-10-21-12-25(17)14-5-3-2-4-6-14/h2-8,10-12H,9H2,1H3,(H,22,26)(H,23,24,27). The van der Waals surface area contributed by atoms with Gasteiger partial charge in [-0.25, -0.2) is 9.97 Å². The largest absolute Gasteiger partial charge is 0.458 e. The maximum atomic E-state index is 12.7. The fraction of sp³-hybridized carbons (Fsp3) is 0.100. The molecule has 3 heterocycles. The Kier molecular flexibility index (Phi) is 5.21. The number of aromatic nitrogens is 3. The fourth-order valence-electron chi connectivity index (χ4n) is 2.69. The second kappa shape index (κ2) is 8.11. The van der Waals surface area contributed by atoms with Crippen molar-refractivity contribution in [3.05, 3.63) is 71.8 Å². The number of carbonyl (C=O) groups excluding carboxylic acids is 2. The Hall–Kier alpha value is -3.72. The number of imidazole rings is 1. The molecule has 0 saturated carbocycles. The van der Waals surface area contributed by atoms with Crippen LogP contribution in [-0.4, -0.2) is 26.3 Å². The van der Waals surface area contributed by atoms with E-state index in [2.05, 4.69) is 20.6 Å². The molecule has 4 aromatic rings. The Balaban J connectivity index is 1.47. The van der Waals surface area contributed by atoms with Gasteiger partial charge in [0.1, 0.15) is 17.1 Å². The highest BCUT2D eigenvalue weighted by Crippen LogP contribution is 2.27. The lowest BCUT2D eigenvalue weighted by atomic mass is 10.3. The van der Waals surface area contributed by atoms with Crippen molar-refractivity contribution < 1.29 is 14.0 Å². The van der Waals surface area contributed by atoms with Gasteiger partial charge in [-0.3, -0.25) is 19.5 Å². The van der Waals surface area contributed by atoms with Gasteiger partial charge in [-0.15, -0.1) is 11.3 Å². The Morgan fingerprint density at radius 1 is 1.17 bits per heavy atom. The fourth-order valence-corrected chi connectivity index (χ4v) is 3.38. The molecule has 0 unspecified atom stereocenters. The lowest BCUT2D eigenvalue weighted by molar-refractivity contribution is -0.119. The SMILES string of the molecule is CC(=O)NCc1ccc(-c2csc(NC(=O)c3cncn3-c3ccccc3)n2)o1. The van der Waals surface area contributed by atoms with Crippen molar-refractivity contribution in [1.29, 1.82) is 0 Å². The third kappa shape index (κ3) is 4.25. The Bertz CT molecular complexity index is 1150. The average Bonchev–Trinajstić information content (AvgIpc) is 3.47. The molecule has 0 atom stereocenters. The van der Waals surface area contributed by atoms with E-state index < -0.39 is 0 Å². The first-order chi connectivity index (χ1) is 14.1. The number of thiazole rings is 1. The quantitative estimate of drug-likeness (QED) is 0.509. The predicted molar refractivity (Wildman–Crippen MR) is 109 cm³/mol. The molecule has 0 radical (unpaired) electrons. The van der Waals surface area contributed by atoms with Gasteiger partial charge in [-0.2, -0.15) is 0 Å². The molecule has 29 heavy (non-hydrogen) atoms. The number of nitrogens with one attached hydrogen (secondary N) is 2.